The Morgan fingerprint density at radius 2 is 2.21 bits per heavy atom. The van der Waals surface area contributed by atoms with Crippen LogP contribution in [-0.4, -0.2) is 31.5 Å². The third-order valence-corrected chi connectivity index (χ3v) is 6.07. The highest BCUT2D eigenvalue weighted by Crippen LogP contribution is 2.34. The van der Waals surface area contributed by atoms with Gasteiger partial charge in [0.15, 0.2) is 0 Å². The van der Waals surface area contributed by atoms with Crippen molar-refractivity contribution in [1.29, 1.82) is 0 Å². The Morgan fingerprint density at radius 1 is 1.37 bits per heavy atom. The van der Waals surface area contributed by atoms with E-state index in [0.717, 1.165) is 52.0 Å². The van der Waals surface area contributed by atoms with Crippen LogP contribution < -0.4 is 5.32 Å². The van der Waals surface area contributed by atoms with Crippen molar-refractivity contribution in [2.75, 3.05) is 19.8 Å². The molecule has 2 fully saturated rings. The first kappa shape index (κ1) is 14.0. The fourth-order valence-electron chi connectivity index (χ4n) is 2.98. The zero-order valence-electron chi connectivity index (χ0n) is 11.0. The second kappa shape index (κ2) is 6.22. The van der Waals surface area contributed by atoms with Crippen LogP contribution >= 0.6 is 27.3 Å². The van der Waals surface area contributed by atoms with E-state index in [1.807, 2.05) is 0 Å². The van der Waals surface area contributed by atoms with Crippen LogP contribution in [0.4, 0.5) is 0 Å². The van der Waals surface area contributed by atoms with Crippen LogP contribution in [0.15, 0.2) is 15.9 Å². The normalized spacial score (nSPS) is 26.7. The van der Waals surface area contributed by atoms with E-state index in [9.17, 15) is 0 Å². The van der Waals surface area contributed by atoms with Crippen LogP contribution in [0.2, 0.25) is 0 Å². The summed E-state index contributed by atoms with van der Waals surface area (Å²) in [7, 11) is 0. The Kier molecular flexibility index (Phi) is 4.59. The van der Waals surface area contributed by atoms with E-state index < -0.39 is 0 Å². The van der Waals surface area contributed by atoms with Gasteiger partial charge in [0.05, 0.1) is 5.60 Å². The molecule has 1 unspecified atom stereocenters. The molecule has 0 amide bonds. The fraction of sp³-hybridized carbons (Fsp3) is 0.714. The summed E-state index contributed by atoms with van der Waals surface area (Å²) in [6.45, 7) is 3.53. The number of ether oxygens (including phenoxy) is 2. The van der Waals surface area contributed by atoms with Crippen LogP contribution in [-0.2, 0) is 16.0 Å². The topological polar surface area (TPSA) is 30.5 Å². The Hall–Kier alpha value is 0.0600. The monoisotopic (exact) mass is 345 g/mol. The van der Waals surface area contributed by atoms with Crippen molar-refractivity contribution >= 4 is 27.3 Å². The van der Waals surface area contributed by atoms with Crippen molar-refractivity contribution in [3.63, 3.8) is 0 Å². The van der Waals surface area contributed by atoms with Crippen molar-refractivity contribution in [1.82, 2.24) is 5.32 Å². The first-order chi connectivity index (χ1) is 9.27. The van der Waals surface area contributed by atoms with Gasteiger partial charge in [-0.3, -0.25) is 0 Å². The smallest absolute Gasteiger partial charge is 0.0741 e. The van der Waals surface area contributed by atoms with Gasteiger partial charge in [-0.25, -0.2) is 0 Å². The Labute approximate surface area is 126 Å². The highest BCUT2D eigenvalue weighted by molar-refractivity contribution is 9.10. The number of thiophene rings is 1. The van der Waals surface area contributed by atoms with Crippen LogP contribution in [0.5, 0.6) is 0 Å². The molecule has 0 radical (unpaired) electrons. The van der Waals surface area contributed by atoms with Crippen molar-refractivity contribution in [2.24, 2.45) is 0 Å². The molecule has 3 heterocycles. The molecule has 0 aromatic carbocycles. The molecule has 2 saturated heterocycles. The molecule has 0 bridgehead atoms. The molecule has 19 heavy (non-hydrogen) atoms. The predicted molar refractivity (Wildman–Crippen MR) is 80.6 cm³/mol. The van der Waals surface area contributed by atoms with Crippen LogP contribution in [0.25, 0.3) is 0 Å². The van der Waals surface area contributed by atoms with E-state index in [0.29, 0.717) is 6.04 Å². The van der Waals surface area contributed by atoms with Gasteiger partial charge in [-0.1, -0.05) is 0 Å². The molecule has 1 N–H and O–H groups in total. The summed E-state index contributed by atoms with van der Waals surface area (Å²) in [5.41, 5.74) is 0.0842. The van der Waals surface area contributed by atoms with E-state index in [-0.39, 0.29) is 5.60 Å². The maximum atomic E-state index is 6.07. The zero-order valence-corrected chi connectivity index (χ0v) is 13.4. The molecule has 2 aliphatic rings. The minimum absolute atomic E-state index is 0.0842. The van der Waals surface area contributed by atoms with Gasteiger partial charge >= 0.3 is 0 Å². The van der Waals surface area contributed by atoms with E-state index in [4.69, 9.17) is 9.47 Å². The molecule has 1 aromatic heterocycles. The lowest BCUT2D eigenvalue weighted by Gasteiger charge is -2.43. The van der Waals surface area contributed by atoms with E-state index in [2.05, 4.69) is 32.7 Å². The Bertz CT molecular complexity index is 412. The van der Waals surface area contributed by atoms with Gasteiger partial charge in [0.2, 0.25) is 0 Å². The molecular formula is C14H20BrNO2S. The molecule has 3 nitrogen and oxygen atoms in total. The standard InChI is InChI=1S/C14H20BrNO2S/c15-12-2-8-19-13(12)10-16-11-1-5-18-14(9-11)3-6-17-7-4-14/h2,8,11,16H,1,3-7,9-10H2. The minimum atomic E-state index is 0.0842. The summed E-state index contributed by atoms with van der Waals surface area (Å²) < 4.78 is 12.8. The van der Waals surface area contributed by atoms with Gasteiger partial charge < -0.3 is 14.8 Å². The Morgan fingerprint density at radius 3 is 2.95 bits per heavy atom. The SMILES string of the molecule is Brc1ccsc1CNC1CCOC2(CCOCC2)C1. The molecule has 5 heteroatoms. The summed E-state index contributed by atoms with van der Waals surface area (Å²) in [5.74, 6) is 0. The number of hydrogen-bond donors (Lipinski definition) is 1. The quantitative estimate of drug-likeness (QED) is 0.911. The van der Waals surface area contributed by atoms with Crippen LogP contribution in [0, 0.1) is 0 Å². The highest BCUT2D eigenvalue weighted by Gasteiger charge is 2.38. The first-order valence-electron chi connectivity index (χ1n) is 6.94. The van der Waals surface area contributed by atoms with Crippen molar-refractivity contribution in [3.8, 4) is 0 Å². The lowest BCUT2D eigenvalue weighted by molar-refractivity contribution is -0.140. The second-order valence-corrected chi connectivity index (χ2v) is 7.26. The third-order valence-electron chi connectivity index (χ3n) is 4.14. The molecule has 0 saturated carbocycles. The molecule has 106 valence electrons. The summed E-state index contributed by atoms with van der Waals surface area (Å²) >= 11 is 5.40. The average Bonchev–Trinajstić information content (AvgIpc) is 2.83. The average molecular weight is 346 g/mol. The lowest BCUT2D eigenvalue weighted by atomic mass is 9.84. The van der Waals surface area contributed by atoms with Crippen molar-refractivity contribution < 1.29 is 9.47 Å². The van der Waals surface area contributed by atoms with Crippen LogP contribution in [0.1, 0.15) is 30.6 Å². The summed E-state index contributed by atoms with van der Waals surface area (Å²) in [6, 6.07) is 2.69. The summed E-state index contributed by atoms with van der Waals surface area (Å²) in [6.07, 6.45) is 4.34. The zero-order chi connectivity index (χ0) is 13.1. The van der Waals surface area contributed by atoms with E-state index in [1.54, 1.807) is 11.3 Å². The van der Waals surface area contributed by atoms with Gasteiger partial charge in [0.1, 0.15) is 0 Å². The number of halogens is 1. The first-order valence-corrected chi connectivity index (χ1v) is 8.62. The van der Waals surface area contributed by atoms with E-state index in [1.165, 1.54) is 9.35 Å². The van der Waals surface area contributed by atoms with Crippen molar-refractivity contribution in [3.05, 3.63) is 20.8 Å². The lowest BCUT2D eigenvalue weighted by Crippen LogP contribution is -2.49. The molecule has 3 rings (SSSR count). The number of nitrogens with one attached hydrogen (secondary N) is 1. The second-order valence-electron chi connectivity index (χ2n) is 5.41. The maximum Gasteiger partial charge on any atom is 0.0741 e. The maximum absolute atomic E-state index is 6.07. The minimum Gasteiger partial charge on any atom is -0.381 e. The van der Waals surface area contributed by atoms with E-state index >= 15 is 0 Å². The third kappa shape index (κ3) is 3.39. The van der Waals surface area contributed by atoms with Crippen molar-refractivity contribution in [2.45, 2.75) is 43.9 Å². The van der Waals surface area contributed by atoms with Gasteiger partial charge in [-0.15, -0.1) is 11.3 Å². The van der Waals surface area contributed by atoms with Gasteiger partial charge in [0.25, 0.3) is 0 Å². The predicted octanol–water partition coefficient (Wildman–Crippen LogP) is 3.33. The van der Waals surface area contributed by atoms with Gasteiger partial charge in [-0.05, 0) is 53.1 Å². The summed E-state index contributed by atoms with van der Waals surface area (Å²) in [4.78, 5) is 1.38. The molecular weight excluding hydrogens is 326 g/mol. The molecule has 2 aliphatic heterocycles. The number of rotatable bonds is 3. The fourth-order valence-corrected chi connectivity index (χ4v) is 4.43. The molecule has 1 spiro atoms. The largest absolute Gasteiger partial charge is 0.381 e. The Balaban J connectivity index is 1.55. The van der Waals surface area contributed by atoms with Gasteiger partial charge in [-0.2, -0.15) is 0 Å². The molecule has 1 atom stereocenters. The van der Waals surface area contributed by atoms with Gasteiger partial charge in [0, 0.05) is 41.8 Å². The van der Waals surface area contributed by atoms with Crippen LogP contribution in [0.3, 0.4) is 0 Å². The summed E-state index contributed by atoms with van der Waals surface area (Å²) in [5, 5.41) is 5.83. The molecule has 1 aromatic rings. The number of hydrogen-bond acceptors (Lipinski definition) is 4. The highest BCUT2D eigenvalue weighted by atomic mass is 79.9. The molecule has 0 aliphatic carbocycles.